The van der Waals surface area contributed by atoms with Crippen molar-refractivity contribution in [2.24, 2.45) is 32.9 Å². The van der Waals surface area contributed by atoms with Crippen molar-refractivity contribution in [2.45, 2.75) is 38.1 Å². The zero-order valence-corrected chi connectivity index (χ0v) is 18.7. The van der Waals surface area contributed by atoms with Crippen molar-refractivity contribution in [3.05, 3.63) is 35.0 Å². The van der Waals surface area contributed by atoms with Gasteiger partial charge in [0, 0.05) is 0 Å². The molecule has 0 bridgehead atoms. The highest BCUT2D eigenvalue weighted by Gasteiger charge is 2.30. The molecule has 0 aromatic heterocycles. The van der Waals surface area contributed by atoms with Crippen LogP contribution in [0.4, 0.5) is 4.79 Å². The van der Waals surface area contributed by atoms with Crippen molar-refractivity contribution in [2.75, 3.05) is 13.2 Å². The Balaban J connectivity index is 0.00000480. The fourth-order valence-electron chi connectivity index (χ4n) is 2.96. The molecule has 31 heavy (non-hydrogen) atoms. The summed E-state index contributed by atoms with van der Waals surface area (Å²) in [5, 5.41) is 3.04. The number of allylic oxidation sites excluding steroid dienone is 1. The summed E-state index contributed by atoms with van der Waals surface area (Å²) >= 11 is 6.03. The van der Waals surface area contributed by atoms with Gasteiger partial charge in [0.1, 0.15) is 11.6 Å². The van der Waals surface area contributed by atoms with Gasteiger partial charge in [-0.15, -0.1) is 12.4 Å². The fraction of sp³-hybridized carbons (Fsp3) is 0.444. The quantitative estimate of drug-likeness (QED) is 0.204. The number of aliphatic imine (C=N–C) groups is 2. The standard InChI is InChI=1S/C18H27ClN8O3.ClH/c1-2-3-6-18(7-4-11(5-8-18)30-10-13(21)28)26-16(23)25-17(29)27-9-12(20)24-15(22)14(27)19;/h4-5,7H,2-3,6,8-10,22H2,1H3,(H2,20,24)(H2,21,28)(H3,23,25,26,29);1H. The summed E-state index contributed by atoms with van der Waals surface area (Å²) in [7, 11) is 0. The van der Waals surface area contributed by atoms with Crippen LogP contribution in [-0.2, 0) is 9.53 Å². The highest BCUT2D eigenvalue weighted by atomic mass is 35.5. The van der Waals surface area contributed by atoms with Gasteiger partial charge in [-0.3, -0.25) is 9.69 Å². The molecule has 1 unspecified atom stereocenters. The van der Waals surface area contributed by atoms with Crippen LogP contribution in [0.25, 0.3) is 0 Å². The van der Waals surface area contributed by atoms with Crippen molar-refractivity contribution in [3.63, 3.8) is 0 Å². The van der Waals surface area contributed by atoms with Gasteiger partial charge >= 0.3 is 6.03 Å². The minimum absolute atomic E-state index is 0. The Labute approximate surface area is 191 Å². The second kappa shape index (κ2) is 11.5. The number of halogens is 2. The number of nitrogens with two attached hydrogens (primary N) is 4. The molecule has 13 heteroatoms. The van der Waals surface area contributed by atoms with E-state index in [0.29, 0.717) is 12.2 Å². The van der Waals surface area contributed by atoms with E-state index in [9.17, 15) is 9.59 Å². The summed E-state index contributed by atoms with van der Waals surface area (Å²) < 4.78 is 5.32. The molecule has 0 saturated carbocycles. The van der Waals surface area contributed by atoms with E-state index in [1.54, 1.807) is 6.08 Å². The third-order valence-corrected chi connectivity index (χ3v) is 4.85. The maximum atomic E-state index is 12.5. The van der Waals surface area contributed by atoms with Gasteiger partial charge in [-0.2, -0.15) is 4.99 Å². The minimum atomic E-state index is -0.725. The van der Waals surface area contributed by atoms with Crippen LogP contribution in [0.3, 0.4) is 0 Å². The Bertz CT molecular complexity index is 853. The maximum absolute atomic E-state index is 12.5. The van der Waals surface area contributed by atoms with Crippen LogP contribution < -0.4 is 28.3 Å². The van der Waals surface area contributed by atoms with Crippen molar-refractivity contribution >= 4 is 47.7 Å². The minimum Gasteiger partial charge on any atom is -0.484 e. The molecule has 9 N–H and O–H groups in total. The van der Waals surface area contributed by atoms with Gasteiger partial charge in [-0.05, 0) is 25.0 Å². The Morgan fingerprint density at radius 1 is 1.39 bits per heavy atom. The Morgan fingerprint density at radius 2 is 2.10 bits per heavy atom. The summed E-state index contributed by atoms with van der Waals surface area (Å²) in [5.74, 6) is -0.0459. The molecule has 0 aromatic carbocycles. The van der Waals surface area contributed by atoms with Gasteiger partial charge in [0.15, 0.2) is 23.5 Å². The largest absolute Gasteiger partial charge is 0.484 e. The molecule has 1 aliphatic heterocycles. The van der Waals surface area contributed by atoms with Crippen LogP contribution in [0.1, 0.15) is 32.6 Å². The topological polar surface area (TPSA) is 187 Å². The number of nitrogens with one attached hydrogen (secondary N) is 1. The highest BCUT2D eigenvalue weighted by Crippen LogP contribution is 2.27. The number of hydrogen-bond donors (Lipinski definition) is 5. The first-order chi connectivity index (χ1) is 14.2. The molecule has 0 aromatic rings. The number of unbranched alkanes of at least 4 members (excludes halogenated alkanes) is 1. The molecule has 172 valence electrons. The smallest absolute Gasteiger partial charge is 0.352 e. The lowest BCUT2D eigenvalue weighted by molar-refractivity contribution is -0.121. The first-order valence-corrected chi connectivity index (χ1v) is 9.76. The molecule has 1 atom stereocenters. The van der Waals surface area contributed by atoms with Gasteiger partial charge in [-0.25, -0.2) is 9.79 Å². The summed E-state index contributed by atoms with van der Waals surface area (Å²) in [4.78, 5) is 32.2. The van der Waals surface area contributed by atoms with Crippen LogP contribution in [0.5, 0.6) is 0 Å². The SMILES string of the molecule is CCCCC1(NC(N)=NC(=O)N2CC(N)=NC(N)=C2Cl)C=CC(OCC(N)=O)=CC1.Cl. The molecule has 1 heterocycles. The zero-order valence-electron chi connectivity index (χ0n) is 17.1. The van der Waals surface area contributed by atoms with Gasteiger partial charge in [0.05, 0.1) is 12.1 Å². The average Bonchev–Trinajstić information content (AvgIpc) is 2.68. The third-order valence-electron chi connectivity index (χ3n) is 4.45. The Kier molecular flexibility index (Phi) is 9.66. The molecular weight excluding hydrogens is 447 g/mol. The molecule has 3 amide bonds. The van der Waals surface area contributed by atoms with Crippen molar-refractivity contribution in [3.8, 4) is 0 Å². The molecule has 2 rings (SSSR count). The Hall–Kier alpha value is -2.92. The number of guanidine groups is 1. The van der Waals surface area contributed by atoms with E-state index in [-0.39, 0.29) is 48.3 Å². The van der Waals surface area contributed by atoms with Crippen LogP contribution in [0, 0.1) is 0 Å². The summed E-state index contributed by atoms with van der Waals surface area (Å²) in [5.41, 5.74) is 21.8. The van der Waals surface area contributed by atoms with Gasteiger partial charge in [-0.1, -0.05) is 37.4 Å². The molecule has 0 fully saturated rings. The van der Waals surface area contributed by atoms with E-state index < -0.39 is 17.5 Å². The normalized spacial score (nSPS) is 21.1. The number of nitrogens with zero attached hydrogens (tertiary/aromatic N) is 3. The number of primary amides is 1. The number of rotatable bonds is 7. The Morgan fingerprint density at radius 3 is 2.68 bits per heavy atom. The monoisotopic (exact) mass is 474 g/mol. The number of hydrogen-bond acceptors (Lipinski definition) is 6. The van der Waals surface area contributed by atoms with Crippen molar-refractivity contribution in [1.29, 1.82) is 0 Å². The van der Waals surface area contributed by atoms with E-state index in [1.165, 1.54) is 0 Å². The maximum Gasteiger partial charge on any atom is 0.352 e. The second-order valence-corrected chi connectivity index (χ2v) is 7.29. The predicted molar refractivity (Wildman–Crippen MR) is 122 cm³/mol. The van der Waals surface area contributed by atoms with Crippen LogP contribution in [0.2, 0.25) is 0 Å². The molecule has 11 nitrogen and oxygen atoms in total. The predicted octanol–water partition coefficient (Wildman–Crippen LogP) is 0.704. The first-order valence-electron chi connectivity index (χ1n) is 9.38. The number of carbonyl (C=O) groups excluding carboxylic acids is 2. The van der Waals surface area contributed by atoms with E-state index in [0.717, 1.165) is 24.2 Å². The molecule has 0 spiro atoms. The second-order valence-electron chi connectivity index (χ2n) is 6.93. The summed E-state index contributed by atoms with van der Waals surface area (Å²) in [6.07, 6.45) is 8.55. The number of carbonyl (C=O) groups is 2. The molecule has 0 saturated heterocycles. The lowest BCUT2D eigenvalue weighted by atomic mass is 9.85. The highest BCUT2D eigenvalue weighted by molar-refractivity contribution is 6.31. The molecule has 1 aliphatic carbocycles. The third kappa shape index (κ3) is 7.37. The van der Waals surface area contributed by atoms with Gasteiger partial charge in [0.2, 0.25) is 0 Å². The lowest BCUT2D eigenvalue weighted by Gasteiger charge is -2.34. The van der Waals surface area contributed by atoms with Crippen LogP contribution in [0.15, 0.2) is 44.9 Å². The van der Waals surface area contributed by atoms with Gasteiger partial charge < -0.3 is 33.0 Å². The van der Waals surface area contributed by atoms with Crippen LogP contribution >= 0.6 is 24.0 Å². The van der Waals surface area contributed by atoms with E-state index in [4.69, 9.17) is 39.3 Å². The molecule has 2 aliphatic rings. The number of ether oxygens (including phenoxy) is 1. The average molecular weight is 475 g/mol. The van der Waals surface area contributed by atoms with Crippen molar-refractivity contribution < 1.29 is 14.3 Å². The lowest BCUT2D eigenvalue weighted by Crippen LogP contribution is -2.51. The number of urea groups is 1. The number of amides is 3. The first kappa shape index (κ1) is 26.1. The molecular formula is C18H28Cl2N8O3. The number of amidine groups is 1. The summed E-state index contributed by atoms with van der Waals surface area (Å²) in [6.45, 7) is 1.82. The molecule has 0 radical (unpaired) electrons. The van der Waals surface area contributed by atoms with Gasteiger partial charge in [0.25, 0.3) is 5.91 Å². The van der Waals surface area contributed by atoms with E-state index >= 15 is 0 Å². The fourth-order valence-corrected chi connectivity index (χ4v) is 3.13. The summed E-state index contributed by atoms with van der Waals surface area (Å²) in [6, 6.07) is -0.725. The zero-order chi connectivity index (χ0) is 22.3. The van der Waals surface area contributed by atoms with Crippen molar-refractivity contribution in [1.82, 2.24) is 10.2 Å². The van der Waals surface area contributed by atoms with Crippen LogP contribution in [-0.4, -0.2) is 47.3 Å². The van der Waals surface area contributed by atoms with E-state index in [1.807, 2.05) is 12.2 Å². The van der Waals surface area contributed by atoms with E-state index in [2.05, 4.69) is 22.2 Å².